The molecule has 0 aliphatic heterocycles. The molecule has 0 spiro atoms. The van der Waals surface area contributed by atoms with E-state index in [-0.39, 0.29) is 18.4 Å². The van der Waals surface area contributed by atoms with Crippen LogP contribution in [-0.4, -0.2) is 10.9 Å². The van der Waals surface area contributed by atoms with Crippen LogP contribution in [0.2, 0.25) is 0 Å². The summed E-state index contributed by atoms with van der Waals surface area (Å²) in [5.74, 6) is 1.16. The van der Waals surface area contributed by atoms with E-state index in [9.17, 15) is 4.79 Å². The number of nitrogens with one attached hydrogen (secondary N) is 1. The van der Waals surface area contributed by atoms with Crippen LogP contribution < -0.4 is 5.32 Å². The van der Waals surface area contributed by atoms with Crippen molar-refractivity contribution in [3.63, 3.8) is 0 Å². The molecule has 1 amide bonds. The van der Waals surface area contributed by atoms with Crippen molar-refractivity contribution in [2.45, 2.75) is 32.7 Å². The fraction of sp³-hybridized carbons (Fsp3) is 0.238. The molecule has 26 heavy (non-hydrogen) atoms. The summed E-state index contributed by atoms with van der Waals surface area (Å²) in [5.41, 5.74) is 2.67. The summed E-state index contributed by atoms with van der Waals surface area (Å²) in [6.07, 6.45) is 1.02. The molecule has 134 valence electrons. The van der Waals surface area contributed by atoms with Crippen LogP contribution >= 0.6 is 15.9 Å². The van der Waals surface area contributed by atoms with Crippen molar-refractivity contribution in [3.05, 3.63) is 76.1 Å². The highest BCUT2D eigenvalue weighted by Crippen LogP contribution is 2.23. The van der Waals surface area contributed by atoms with Gasteiger partial charge in [0.2, 0.25) is 11.8 Å². The summed E-state index contributed by atoms with van der Waals surface area (Å²) >= 11 is 3.44. The van der Waals surface area contributed by atoms with Crippen LogP contribution in [0.1, 0.15) is 36.4 Å². The molecule has 0 fully saturated rings. The summed E-state index contributed by atoms with van der Waals surface area (Å²) < 4.78 is 6.76. The number of aryl methyl sites for hydroxylation is 1. The first-order chi connectivity index (χ1) is 12.6. The Morgan fingerprint density at radius 2 is 1.85 bits per heavy atom. The number of aromatic nitrogens is 1. The number of oxazole rings is 1. The van der Waals surface area contributed by atoms with Gasteiger partial charge in [0.15, 0.2) is 0 Å². The lowest BCUT2D eigenvalue weighted by atomic mass is 10.0. The fourth-order valence-corrected chi connectivity index (χ4v) is 3.07. The van der Waals surface area contributed by atoms with Gasteiger partial charge in [-0.25, -0.2) is 4.98 Å². The maximum atomic E-state index is 12.5. The minimum absolute atomic E-state index is 0.0172. The van der Waals surface area contributed by atoms with Gasteiger partial charge in [0.1, 0.15) is 5.76 Å². The molecule has 1 heterocycles. The normalized spacial score (nSPS) is 12.0. The van der Waals surface area contributed by atoms with Crippen LogP contribution in [-0.2, 0) is 11.2 Å². The molecule has 0 saturated heterocycles. The van der Waals surface area contributed by atoms with Crippen LogP contribution in [0.3, 0.4) is 0 Å². The average molecular weight is 413 g/mol. The Hall–Kier alpha value is -2.40. The molecule has 0 saturated carbocycles. The second kappa shape index (κ2) is 8.32. The predicted octanol–water partition coefficient (Wildman–Crippen LogP) is 5.22. The van der Waals surface area contributed by atoms with E-state index in [4.69, 9.17) is 4.42 Å². The van der Waals surface area contributed by atoms with Crippen LogP contribution in [0.15, 0.2) is 63.5 Å². The molecule has 2 aromatic carbocycles. The third kappa shape index (κ3) is 4.41. The highest BCUT2D eigenvalue weighted by Gasteiger charge is 2.17. The van der Waals surface area contributed by atoms with E-state index in [1.807, 2.05) is 61.5 Å². The Kier molecular flexibility index (Phi) is 5.89. The van der Waals surface area contributed by atoms with Gasteiger partial charge in [0.05, 0.1) is 18.2 Å². The van der Waals surface area contributed by atoms with E-state index in [0.29, 0.717) is 17.3 Å². The lowest BCUT2D eigenvalue weighted by molar-refractivity contribution is -0.121. The van der Waals surface area contributed by atoms with Crippen molar-refractivity contribution in [1.29, 1.82) is 0 Å². The lowest BCUT2D eigenvalue weighted by Crippen LogP contribution is -2.29. The van der Waals surface area contributed by atoms with Crippen molar-refractivity contribution in [2.24, 2.45) is 0 Å². The van der Waals surface area contributed by atoms with Crippen molar-refractivity contribution in [1.82, 2.24) is 10.3 Å². The third-order valence-corrected chi connectivity index (χ3v) is 4.79. The SMILES string of the molecule is CCC(NC(=O)Cc1nc(-c2ccccc2)oc1C)c1ccc(Br)cc1. The molecular weight excluding hydrogens is 392 g/mol. The molecule has 1 N–H and O–H groups in total. The standard InChI is InChI=1S/C21H21BrN2O2/c1-3-18(15-9-11-17(22)12-10-15)23-20(25)13-19-14(2)26-21(24-19)16-7-5-4-6-8-16/h4-12,18H,3,13H2,1-2H3,(H,23,25). The zero-order valence-electron chi connectivity index (χ0n) is 14.8. The van der Waals surface area contributed by atoms with Crippen LogP contribution in [0.5, 0.6) is 0 Å². The molecule has 3 aromatic rings. The van der Waals surface area contributed by atoms with E-state index in [1.54, 1.807) is 0 Å². The highest BCUT2D eigenvalue weighted by molar-refractivity contribution is 9.10. The van der Waals surface area contributed by atoms with Gasteiger partial charge >= 0.3 is 0 Å². The first kappa shape index (κ1) is 18.4. The van der Waals surface area contributed by atoms with Gasteiger partial charge in [-0.1, -0.05) is 53.2 Å². The Bertz CT molecular complexity index is 873. The Morgan fingerprint density at radius 1 is 1.15 bits per heavy atom. The number of carbonyl (C=O) groups is 1. The molecule has 1 atom stereocenters. The van der Waals surface area contributed by atoms with E-state index >= 15 is 0 Å². The highest BCUT2D eigenvalue weighted by atomic mass is 79.9. The quantitative estimate of drug-likeness (QED) is 0.603. The third-order valence-electron chi connectivity index (χ3n) is 4.26. The average Bonchev–Trinajstić information content (AvgIpc) is 3.02. The zero-order chi connectivity index (χ0) is 18.5. The number of nitrogens with zero attached hydrogens (tertiary/aromatic N) is 1. The lowest BCUT2D eigenvalue weighted by Gasteiger charge is -2.17. The number of hydrogen-bond donors (Lipinski definition) is 1. The monoisotopic (exact) mass is 412 g/mol. The molecule has 0 radical (unpaired) electrons. The van der Waals surface area contributed by atoms with E-state index in [0.717, 1.165) is 22.0 Å². The Labute approximate surface area is 161 Å². The number of benzene rings is 2. The molecule has 3 rings (SSSR count). The minimum atomic E-state index is -0.0595. The summed E-state index contributed by atoms with van der Waals surface area (Å²) in [5, 5.41) is 3.09. The largest absolute Gasteiger partial charge is 0.441 e. The number of halogens is 1. The van der Waals surface area contributed by atoms with Crippen molar-refractivity contribution >= 4 is 21.8 Å². The molecule has 5 heteroatoms. The van der Waals surface area contributed by atoms with Gasteiger partial charge in [-0.2, -0.15) is 0 Å². The fourth-order valence-electron chi connectivity index (χ4n) is 2.81. The molecule has 4 nitrogen and oxygen atoms in total. The maximum Gasteiger partial charge on any atom is 0.226 e. The van der Waals surface area contributed by atoms with Gasteiger partial charge in [-0.05, 0) is 43.2 Å². The summed E-state index contributed by atoms with van der Waals surface area (Å²) in [6.45, 7) is 3.90. The summed E-state index contributed by atoms with van der Waals surface area (Å²) in [7, 11) is 0. The first-order valence-corrected chi connectivity index (χ1v) is 9.42. The molecule has 1 aromatic heterocycles. The van der Waals surface area contributed by atoms with E-state index in [1.165, 1.54) is 0 Å². The zero-order valence-corrected chi connectivity index (χ0v) is 16.4. The van der Waals surface area contributed by atoms with Crippen LogP contribution in [0.4, 0.5) is 0 Å². The number of rotatable bonds is 6. The topological polar surface area (TPSA) is 55.1 Å². The molecular formula is C21H21BrN2O2. The summed E-state index contributed by atoms with van der Waals surface area (Å²) in [4.78, 5) is 17.0. The van der Waals surface area contributed by atoms with Gasteiger partial charge in [0.25, 0.3) is 0 Å². The maximum absolute atomic E-state index is 12.5. The summed E-state index contributed by atoms with van der Waals surface area (Å²) in [6, 6.07) is 17.7. The molecule has 0 bridgehead atoms. The van der Waals surface area contributed by atoms with Gasteiger partial charge in [-0.3, -0.25) is 4.79 Å². The second-order valence-electron chi connectivity index (χ2n) is 6.14. The smallest absolute Gasteiger partial charge is 0.226 e. The van der Waals surface area contributed by atoms with Crippen LogP contribution in [0, 0.1) is 6.92 Å². The molecule has 1 unspecified atom stereocenters. The Balaban J connectivity index is 1.69. The van der Waals surface area contributed by atoms with Gasteiger partial charge < -0.3 is 9.73 Å². The number of amides is 1. The first-order valence-electron chi connectivity index (χ1n) is 8.63. The molecule has 0 aliphatic rings. The van der Waals surface area contributed by atoms with Crippen molar-refractivity contribution in [2.75, 3.05) is 0 Å². The van der Waals surface area contributed by atoms with Gasteiger partial charge in [-0.15, -0.1) is 0 Å². The van der Waals surface area contributed by atoms with Gasteiger partial charge in [0, 0.05) is 10.0 Å². The number of hydrogen-bond acceptors (Lipinski definition) is 3. The second-order valence-corrected chi connectivity index (χ2v) is 7.06. The van der Waals surface area contributed by atoms with Crippen LogP contribution in [0.25, 0.3) is 11.5 Å². The minimum Gasteiger partial charge on any atom is -0.441 e. The van der Waals surface area contributed by atoms with E-state index in [2.05, 4.69) is 33.2 Å². The predicted molar refractivity (Wildman–Crippen MR) is 106 cm³/mol. The number of carbonyl (C=O) groups excluding carboxylic acids is 1. The molecule has 0 aliphatic carbocycles. The van der Waals surface area contributed by atoms with Crippen molar-refractivity contribution < 1.29 is 9.21 Å². The van der Waals surface area contributed by atoms with E-state index < -0.39 is 0 Å². The Morgan fingerprint density at radius 3 is 2.50 bits per heavy atom. The van der Waals surface area contributed by atoms with Crippen molar-refractivity contribution in [3.8, 4) is 11.5 Å².